The number of benzene rings is 2. The summed E-state index contributed by atoms with van der Waals surface area (Å²) in [6.07, 6.45) is -0.0970. The molecule has 9 nitrogen and oxygen atoms in total. The summed E-state index contributed by atoms with van der Waals surface area (Å²) in [4.78, 5) is 56.6. The van der Waals surface area contributed by atoms with Gasteiger partial charge in [0.2, 0.25) is 11.8 Å². The van der Waals surface area contributed by atoms with Gasteiger partial charge in [-0.05, 0) is 79.9 Å². The highest BCUT2D eigenvalue weighted by Gasteiger charge is 2.44. The van der Waals surface area contributed by atoms with Crippen molar-refractivity contribution in [1.29, 1.82) is 0 Å². The van der Waals surface area contributed by atoms with Gasteiger partial charge in [-0.15, -0.1) is 0 Å². The van der Waals surface area contributed by atoms with Gasteiger partial charge in [0.25, 0.3) is 0 Å². The Labute approximate surface area is 274 Å². The summed E-state index contributed by atoms with van der Waals surface area (Å²) in [5.74, 6) is -1.70. The highest BCUT2D eigenvalue weighted by atomic mass is 32.1. The maximum absolute atomic E-state index is 14.5. The van der Waals surface area contributed by atoms with E-state index in [1.807, 2.05) is 76.2 Å². The summed E-state index contributed by atoms with van der Waals surface area (Å²) >= 11 is 4.38. The number of carbonyl (C=O) groups is 4. The van der Waals surface area contributed by atoms with Crippen molar-refractivity contribution in [3.05, 3.63) is 71.3 Å². The van der Waals surface area contributed by atoms with E-state index in [1.54, 1.807) is 47.6 Å². The summed E-state index contributed by atoms with van der Waals surface area (Å²) in [6, 6.07) is 13.4. The number of esters is 1. The molecule has 0 saturated heterocycles. The van der Waals surface area contributed by atoms with Gasteiger partial charge in [0, 0.05) is 17.7 Å². The van der Waals surface area contributed by atoms with Crippen LogP contribution in [0.15, 0.2) is 54.6 Å². The van der Waals surface area contributed by atoms with Crippen molar-refractivity contribution in [3.8, 4) is 0 Å². The molecule has 0 radical (unpaired) electrons. The Morgan fingerprint density at radius 1 is 0.822 bits per heavy atom. The standard InChI is InChI=1S/C35H51N3O6S/c1-11-35(9,10)38(30(40)27(22-45)37-32(42)44-34(6,7)8)28(25-19-15-16-23(2)20-25)29(39)36-26(31(41)43-33(3,4)5)21-24-17-13-12-14-18-24/h12-20,26-28,45H,11,21-22H2,1-10H3,(H,36,39)(H,37,42). The van der Waals surface area contributed by atoms with Crippen molar-refractivity contribution < 1.29 is 28.7 Å². The number of nitrogens with one attached hydrogen (secondary N) is 2. The lowest BCUT2D eigenvalue weighted by Gasteiger charge is -2.44. The third kappa shape index (κ3) is 11.7. The largest absolute Gasteiger partial charge is 0.458 e. The van der Waals surface area contributed by atoms with Gasteiger partial charge in [-0.2, -0.15) is 12.6 Å². The molecule has 0 aromatic heterocycles. The smallest absolute Gasteiger partial charge is 0.408 e. The lowest BCUT2D eigenvalue weighted by Crippen LogP contribution is -2.60. The van der Waals surface area contributed by atoms with Gasteiger partial charge in [0.05, 0.1) is 0 Å². The van der Waals surface area contributed by atoms with Crippen LogP contribution in [0.3, 0.4) is 0 Å². The highest BCUT2D eigenvalue weighted by molar-refractivity contribution is 7.80. The van der Waals surface area contributed by atoms with Crippen LogP contribution in [0.25, 0.3) is 0 Å². The van der Waals surface area contributed by atoms with Gasteiger partial charge in [0.15, 0.2) is 0 Å². The Morgan fingerprint density at radius 2 is 1.42 bits per heavy atom. The van der Waals surface area contributed by atoms with Gasteiger partial charge in [-0.1, -0.05) is 67.1 Å². The average molecular weight is 642 g/mol. The van der Waals surface area contributed by atoms with Crippen LogP contribution in [0.5, 0.6) is 0 Å². The van der Waals surface area contributed by atoms with Crippen LogP contribution in [-0.2, 0) is 30.3 Å². The van der Waals surface area contributed by atoms with Crippen molar-refractivity contribution in [2.24, 2.45) is 0 Å². The maximum atomic E-state index is 14.5. The molecule has 0 aliphatic carbocycles. The van der Waals surface area contributed by atoms with E-state index in [0.29, 0.717) is 12.0 Å². The van der Waals surface area contributed by atoms with Crippen LogP contribution in [0.1, 0.15) is 91.5 Å². The predicted octanol–water partition coefficient (Wildman–Crippen LogP) is 5.95. The highest BCUT2D eigenvalue weighted by Crippen LogP contribution is 2.33. The molecule has 3 amide bonds. The SMILES string of the molecule is CCC(C)(C)N(C(=O)C(CS)NC(=O)OC(C)(C)C)C(C(=O)NC(Cc1ccccc1)C(=O)OC(C)(C)C)c1cccc(C)c1. The zero-order valence-electron chi connectivity index (χ0n) is 28.4. The van der Waals surface area contributed by atoms with Gasteiger partial charge in [-0.25, -0.2) is 9.59 Å². The van der Waals surface area contributed by atoms with E-state index in [4.69, 9.17) is 9.47 Å². The number of hydrogen-bond donors (Lipinski definition) is 3. The van der Waals surface area contributed by atoms with E-state index in [1.165, 1.54) is 4.90 Å². The fourth-order valence-corrected chi connectivity index (χ4v) is 4.92. The van der Waals surface area contributed by atoms with Crippen molar-refractivity contribution in [3.63, 3.8) is 0 Å². The van der Waals surface area contributed by atoms with Gasteiger partial charge < -0.3 is 25.0 Å². The molecule has 0 fully saturated rings. The number of nitrogens with zero attached hydrogens (tertiary/aromatic N) is 1. The van der Waals surface area contributed by atoms with E-state index in [0.717, 1.165) is 11.1 Å². The number of ether oxygens (including phenoxy) is 2. The molecule has 0 aliphatic heterocycles. The molecule has 0 saturated carbocycles. The van der Waals surface area contributed by atoms with Gasteiger partial charge in [-0.3, -0.25) is 9.59 Å². The van der Waals surface area contributed by atoms with Crippen molar-refractivity contribution in [1.82, 2.24) is 15.5 Å². The van der Waals surface area contributed by atoms with Crippen molar-refractivity contribution >= 4 is 36.5 Å². The number of aryl methyl sites for hydroxylation is 1. The molecule has 3 unspecified atom stereocenters. The summed E-state index contributed by atoms with van der Waals surface area (Å²) in [5.41, 5.74) is -0.153. The first-order valence-corrected chi connectivity index (χ1v) is 16.0. The molecule has 0 spiro atoms. The number of rotatable bonds is 12. The minimum atomic E-state index is -1.16. The molecule has 45 heavy (non-hydrogen) atoms. The molecule has 2 aromatic rings. The molecule has 2 N–H and O–H groups in total. The van der Waals surface area contributed by atoms with Crippen LogP contribution in [0.2, 0.25) is 0 Å². The first kappa shape index (κ1) is 37.7. The van der Waals surface area contributed by atoms with E-state index in [9.17, 15) is 19.2 Å². The third-order valence-corrected chi connectivity index (χ3v) is 7.45. The fraction of sp³-hybridized carbons (Fsp3) is 0.543. The number of amides is 3. The minimum Gasteiger partial charge on any atom is -0.458 e. The van der Waals surface area contributed by atoms with Crippen LogP contribution >= 0.6 is 12.6 Å². The number of hydrogen-bond acceptors (Lipinski definition) is 7. The van der Waals surface area contributed by atoms with Crippen LogP contribution in [-0.4, -0.2) is 63.4 Å². The minimum absolute atomic E-state index is 0.0366. The van der Waals surface area contributed by atoms with Crippen molar-refractivity contribution in [2.45, 2.75) is 117 Å². The Kier molecular flexibility index (Phi) is 13.1. The molecule has 2 rings (SSSR count). The molecule has 3 atom stereocenters. The zero-order chi connectivity index (χ0) is 34.2. The molecule has 0 heterocycles. The predicted molar refractivity (Wildman–Crippen MR) is 180 cm³/mol. The average Bonchev–Trinajstić information content (AvgIpc) is 2.92. The van der Waals surface area contributed by atoms with Gasteiger partial charge >= 0.3 is 12.1 Å². The van der Waals surface area contributed by atoms with E-state index >= 15 is 0 Å². The third-order valence-electron chi connectivity index (χ3n) is 7.08. The Morgan fingerprint density at radius 3 is 1.93 bits per heavy atom. The molecule has 248 valence electrons. The monoisotopic (exact) mass is 641 g/mol. The summed E-state index contributed by atoms with van der Waals surface area (Å²) in [6.45, 7) is 18.0. The van der Waals surface area contributed by atoms with E-state index < -0.39 is 58.7 Å². The van der Waals surface area contributed by atoms with Crippen LogP contribution in [0.4, 0.5) is 4.79 Å². The Bertz CT molecular complexity index is 1320. The number of carbonyl (C=O) groups excluding carboxylic acids is 4. The molecule has 2 aromatic carbocycles. The molecule has 0 aliphatic rings. The van der Waals surface area contributed by atoms with Crippen molar-refractivity contribution in [2.75, 3.05) is 5.75 Å². The first-order valence-electron chi connectivity index (χ1n) is 15.3. The molecule has 10 heteroatoms. The van der Waals surface area contributed by atoms with Crippen LogP contribution in [0, 0.1) is 6.92 Å². The van der Waals surface area contributed by atoms with E-state index in [-0.39, 0.29) is 12.2 Å². The second kappa shape index (κ2) is 15.7. The molecular formula is C35H51N3O6S. The fourth-order valence-electron chi connectivity index (χ4n) is 4.67. The second-order valence-corrected chi connectivity index (χ2v) is 14.2. The first-order chi connectivity index (χ1) is 20.8. The quantitative estimate of drug-likeness (QED) is 0.195. The normalized spacial score (nSPS) is 14.0. The van der Waals surface area contributed by atoms with Crippen LogP contribution < -0.4 is 10.6 Å². The lowest BCUT2D eigenvalue weighted by atomic mass is 9.91. The van der Waals surface area contributed by atoms with Gasteiger partial charge in [0.1, 0.15) is 29.3 Å². The Balaban J connectivity index is 2.64. The number of alkyl carbamates (subject to hydrolysis) is 1. The topological polar surface area (TPSA) is 114 Å². The summed E-state index contributed by atoms with van der Waals surface area (Å²) < 4.78 is 11.1. The lowest BCUT2D eigenvalue weighted by molar-refractivity contribution is -0.159. The van der Waals surface area contributed by atoms with E-state index in [2.05, 4.69) is 23.3 Å². The summed E-state index contributed by atoms with van der Waals surface area (Å²) in [7, 11) is 0. The zero-order valence-corrected chi connectivity index (χ0v) is 29.3. The summed E-state index contributed by atoms with van der Waals surface area (Å²) in [5, 5.41) is 5.57. The number of thiol groups is 1. The molecular weight excluding hydrogens is 590 g/mol. The second-order valence-electron chi connectivity index (χ2n) is 13.9. The Hall–Kier alpha value is -3.53. The molecule has 0 bridgehead atoms. The maximum Gasteiger partial charge on any atom is 0.408 e.